The highest BCUT2D eigenvalue weighted by atomic mass is 79.9. The van der Waals surface area contributed by atoms with Crippen LogP contribution in [-0.4, -0.2) is 16.3 Å². The van der Waals surface area contributed by atoms with Crippen molar-refractivity contribution < 1.29 is 23.0 Å². The fourth-order valence-corrected chi connectivity index (χ4v) is 3.69. The van der Waals surface area contributed by atoms with Crippen LogP contribution in [0.3, 0.4) is 0 Å². The van der Waals surface area contributed by atoms with E-state index in [0.717, 1.165) is 23.3 Å². The van der Waals surface area contributed by atoms with Crippen LogP contribution in [0.4, 0.5) is 13.6 Å². The number of ether oxygens (including phenoxy) is 2. The molecule has 3 rings (SSSR count). The van der Waals surface area contributed by atoms with E-state index in [0.29, 0.717) is 18.8 Å². The average molecular weight is 549 g/mol. The van der Waals surface area contributed by atoms with E-state index in [9.17, 15) is 18.4 Å². The Balaban J connectivity index is 1.66. The van der Waals surface area contributed by atoms with E-state index < -0.39 is 23.3 Å². The third-order valence-corrected chi connectivity index (χ3v) is 5.74. The van der Waals surface area contributed by atoms with E-state index in [1.807, 2.05) is 24.3 Å². The van der Waals surface area contributed by atoms with Gasteiger partial charge >= 0.3 is 6.09 Å². The molecule has 186 valence electrons. The number of rotatable bonds is 7. The summed E-state index contributed by atoms with van der Waals surface area (Å²) in [5.74, 6) is -1.11. The van der Waals surface area contributed by atoms with Gasteiger partial charge in [-0.2, -0.15) is 0 Å². The predicted octanol–water partition coefficient (Wildman–Crippen LogP) is 5.85. The Morgan fingerprint density at radius 1 is 1.06 bits per heavy atom. The Kier molecular flexibility index (Phi) is 8.32. The van der Waals surface area contributed by atoms with Crippen LogP contribution in [0.2, 0.25) is 0 Å². The molecule has 0 unspecified atom stereocenters. The van der Waals surface area contributed by atoms with Crippen LogP contribution in [0, 0.1) is 18.6 Å². The Labute approximate surface area is 211 Å². The molecule has 0 saturated carbocycles. The first-order valence-corrected chi connectivity index (χ1v) is 11.7. The van der Waals surface area contributed by atoms with Crippen molar-refractivity contribution in [1.82, 2.24) is 9.88 Å². The molecule has 0 saturated heterocycles. The van der Waals surface area contributed by atoms with E-state index in [4.69, 9.17) is 9.47 Å². The number of aromatic nitrogens is 1. The minimum atomic E-state index is -0.712. The summed E-state index contributed by atoms with van der Waals surface area (Å²) in [6.07, 6.45) is -0.488. The molecule has 1 heterocycles. The molecule has 0 aliphatic rings. The van der Waals surface area contributed by atoms with Gasteiger partial charge in [0.05, 0.1) is 6.54 Å². The topological polar surface area (TPSA) is 69.6 Å². The third-order valence-electron chi connectivity index (χ3n) is 5.01. The third kappa shape index (κ3) is 7.39. The van der Waals surface area contributed by atoms with Crippen LogP contribution >= 0.6 is 15.9 Å². The standard InChI is InChI=1S/C26H27BrF2N2O4/c1-16-11-22(34-15-19-9-10-20(28)12-21(19)29)23(27)24(32)31(16)14-18-7-5-17(6-8-18)13-30-25(33)35-26(2,3)4/h5-12H,13-15H2,1-4H3,(H,30,33). The average Bonchev–Trinajstić information content (AvgIpc) is 2.77. The molecular weight excluding hydrogens is 522 g/mol. The number of nitrogens with one attached hydrogen (secondary N) is 1. The normalized spacial score (nSPS) is 11.3. The number of pyridine rings is 1. The number of hydrogen-bond donors (Lipinski definition) is 1. The zero-order valence-corrected chi connectivity index (χ0v) is 21.5. The van der Waals surface area contributed by atoms with Crippen LogP contribution in [0.1, 0.15) is 43.2 Å². The van der Waals surface area contributed by atoms with Gasteiger partial charge in [-0.25, -0.2) is 13.6 Å². The van der Waals surface area contributed by atoms with E-state index in [1.165, 1.54) is 6.07 Å². The zero-order valence-electron chi connectivity index (χ0n) is 20.0. The summed E-state index contributed by atoms with van der Waals surface area (Å²) in [4.78, 5) is 24.8. The van der Waals surface area contributed by atoms with Crippen LogP contribution < -0.4 is 15.6 Å². The second-order valence-corrected chi connectivity index (χ2v) is 9.84. The van der Waals surface area contributed by atoms with Crippen LogP contribution in [0.15, 0.2) is 57.8 Å². The monoisotopic (exact) mass is 548 g/mol. The largest absolute Gasteiger partial charge is 0.487 e. The van der Waals surface area contributed by atoms with Gasteiger partial charge in [0.2, 0.25) is 0 Å². The number of benzene rings is 2. The molecular formula is C26H27BrF2N2O4. The summed E-state index contributed by atoms with van der Waals surface area (Å²) >= 11 is 3.28. The van der Waals surface area contributed by atoms with Crippen molar-refractivity contribution in [3.05, 3.63) is 97.4 Å². The molecule has 3 aromatic rings. The van der Waals surface area contributed by atoms with Gasteiger partial charge in [-0.15, -0.1) is 0 Å². The second kappa shape index (κ2) is 11.0. The van der Waals surface area contributed by atoms with Crippen molar-refractivity contribution in [3.8, 4) is 5.75 Å². The smallest absolute Gasteiger partial charge is 0.407 e. The molecule has 1 aromatic heterocycles. The number of alkyl carbamates (subject to hydrolysis) is 1. The van der Waals surface area contributed by atoms with Crippen molar-refractivity contribution in [2.45, 2.75) is 53.0 Å². The fourth-order valence-electron chi connectivity index (χ4n) is 3.24. The summed E-state index contributed by atoms with van der Waals surface area (Å²) in [6.45, 7) is 7.68. The van der Waals surface area contributed by atoms with E-state index >= 15 is 0 Å². The lowest BCUT2D eigenvalue weighted by atomic mass is 10.1. The summed E-state index contributed by atoms with van der Waals surface area (Å²) in [5.41, 5.74) is 1.76. The maximum atomic E-state index is 13.9. The summed E-state index contributed by atoms with van der Waals surface area (Å²) < 4.78 is 39.6. The van der Waals surface area contributed by atoms with Gasteiger partial charge in [-0.3, -0.25) is 4.79 Å². The molecule has 0 spiro atoms. The number of nitrogens with zero attached hydrogens (tertiary/aromatic N) is 1. The molecule has 0 fully saturated rings. The number of carbonyl (C=O) groups is 1. The molecule has 0 radical (unpaired) electrons. The molecule has 1 N–H and O–H groups in total. The minimum absolute atomic E-state index is 0.146. The first-order chi connectivity index (χ1) is 16.4. The lowest BCUT2D eigenvalue weighted by Crippen LogP contribution is -2.32. The van der Waals surface area contributed by atoms with Gasteiger partial charge in [0.25, 0.3) is 5.56 Å². The number of amides is 1. The molecule has 0 atom stereocenters. The minimum Gasteiger partial charge on any atom is -0.487 e. The summed E-state index contributed by atoms with van der Waals surface area (Å²) in [5, 5.41) is 2.71. The molecule has 0 bridgehead atoms. The van der Waals surface area contributed by atoms with Crippen molar-refractivity contribution in [2.75, 3.05) is 0 Å². The van der Waals surface area contributed by atoms with E-state index in [1.54, 1.807) is 38.3 Å². The molecule has 1 amide bonds. The van der Waals surface area contributed by atoms with Crippen LogP contribution in [-0.2, 0) is 24.4 Å². The number of halogens is 3. The Bertz CT molecular complexity index is 1270. The van der Waals surface area contributed by atoms with Gasteiger partial charge in [-0.1, -0.05) is 24.3 Å². The van der Waals surface area contributed by atoms with Gasteiger partial charge < -0.3 is 19.4 Å². The molecule has 0 aliphatic heterocycles. The van der Waals surface area contributed by atoms with Crippen molar-refractivity contribution >= 4 is 22.0 Å². The highest BCUT2D eigenvalue weighted by molar-refractivity contribution is 9.10. The van der Waals surface area contributed by atoms with E-state index in [-0.39, 0.29) is 28.0 Å². The maximum Gasteiger partial charge on any atom is 0.407 e. The SMILES string of the molecule is Cc1cc(OCc2ccc(F)cc2F)c(Br)c(=O)n1Cc1ccc(CNC(=O)OC(C)(C)C)cc1. The van der Waals surface area contributed by atoms with Crippen molar-refractivity contribution in [3.63, 3.8) is 0 Å². The highest BCUT2D eigenvalue weighted by Gasteiger charge is 2.16. The second-order valence-electron chi connectivity index (χ2n) is 9.05. The summed E-state index contributed by atoms with van der Waals surface area (Å²) in [6, 6.07) is 12.4. The van der Waals surface area contributed by atoms with Crippen LogP contribution in [0.25, 0.3) is 0 Å². The molecule has 0 aliphatic carbocycles. The lowest BCUT2D eigenvalue weighted by molar-refractivity contribution is 0.0523. The van der Waals surface area contributed by atoms with Crippen molar-refractivity contribution in [1.29, 1.82) is 0 Å². The van der Waals surface area contributed by atoms with Crippen LogP contribution in [0.5, 0.6) is 5.75 Å². The molecule has 35 heavy (non-hydrogen) atoms. The molecule has 6 nitrogen and oxygen atoms in total. The molecule has 2 aromatic carbocycles. The fraction of sp³-hybridized carbons (Fsp3) is 0.308. The van der Waals surface area contributed by atoms with Crippen molar-refractivity contribution in [2.24, 2.45) is 0 Å². The Morgan fingerprint density at radius 3 is 2.34 bits per heavy atom. The molecule has 9 heteroatoms. The first kappa shape index (κ1) is 26.4. The summed E-state index contributed by atoms with van der Waals surface area (Å²) in [7, 11) is 0. The van der Waals surface area contributed by atoms with Gasteiger partial charge in [0, 0.05) is 29.9 Å². The predicted molar refractivity (Wildman–Crippen MR) is 132 cm³/mol. The number of aryl methyl sites for hydroxylation is 1. The van der Waals surface area contributed by atoms with E-state index in [2.05, 4.69) is 21.2 Å². The number of hydrogen-bond acceptors (Lipinski definition) is 4. The van der Waals surface area contributed by atoms with Gasteiger partial charge in [-0.05, 0) is 66.9 Å². The lowest BCUT2D eigenvalue weighted by Gasteiger charge is -2.19. The first-order valence-electron chi connectivity index (χ1n) is 10.9. The van der Waals surface area contributed by atoms with Gasteiger partial charge in [0.1, 0.15) is 34.1 Å². The highest BCUT2D eigenvalue weighted by Crippen LogP contribution is 2.24. The Morgan fingerprint density at radius 2 is 1.71 bits per heavy atom. The maximum absolute atomic E-state index is 13.9. The number of carbonyl (C=O) groups excluding carboxylic acids is 1. The quantitative estimate of drug-likeness (QED) is 0.402. The Hall–Kier alpha value is -3.20. The van der Waals surface area contributed by atoms with Gasteiger partial charge in [0.15, 0.2) is 0 Å². The zero-order chi connectivity index (χ0) is 25.8.